The van der Waals surface area contributed by atoms with E-state index >= 15 is 0 Å². The Bertz CT molecular complexity index is 560. The molecule has 106 valence electrons. The average Bonchev–Trinajstić information content (AvgIpc) is 2.49. The van der Waals surface area contributed by atoms with Gasteiger partial charge in [0, 0.05) is 16.6 Å². The number of thioether (sulfide) groups is 1. The lowest BCUT2D eigenvalue weighted by molar-refractivity contribution is 0.875. The van der Waals surface area contributed by atoms with Crippen molar-refractivity contribution in [1.82, 2.24) is 0 Å². The standard InChI is InChI=1S/C18H23NS/c1-5-15-8-6-7-13(2)18(15)19-14(3)16-9-11-17(20-4)12-10-16/h6-12,14,19H,5H2,1-4H3. The molecule has 0 fully saturated rings. The summed E-state index contributed by atoms with van der Waals surface area (Å²) in [6, 6.07) is 15.6. The van der Waals surface area contributed by atoms with Gasteiger partial charge in [-0.2, -0.15) is 0 Å². The topological polar surface area (TPSA) is 12.0 Å². The van der Waals surface area contributed by atoms with Crippen molar-refractivity contribution in [3.8, 4) is 0 Å². The predicted octanol–water partition coefficient (Wildman–Crippen LogP) is 5.45. The molecule has 0 aliphatic heterocycles. The summed E-state index contributed by atoms with van der Waals surface area (Å²) in [7, 11) is 0. The second-order valence-electron chi connectivity index (χ2n) is 5.10. The Kier molecular flexibility index (Phi) is 5.13. The lowest BCUT2D eigenvalue weighted by Gasteiger charge is -2.20. The first-order chi connectivity index (χ1) is 9.65. The molecule has 1 atom stereocenters. The molecule has 2 rings (SSSR count). The molecule has 2 aromatic rings. The fraction of sp³-hybridized carbons (Fsp3) is 0.333. The van der Waals surface area contributed by atoms with Gasteiger partial charge in [0.25, 0.3) is 0 Å². The van der Waals surface area contributed by atoms with Crippen LogP contribution in [0.15, 0.2) is 47.4 Å². The normalized spacial score (nSPS) is 12.2. The van der Waals surface area contributed by atoms with E-state index in [1.807, 2.05) is 0 Å². The van der Waals surface area contributed by atoms with Crippen LogP contribution in [-0.2, 0) is 6.42 Å². The van der Waals surface area contributed by atoms with Crippen molar-refractivity contribution in [3.63, 3.8) is 0 Å². The Labute approximate surface area is 126 Å². The zero-order valence-corrected chi connectivity index (χ0v) is 13.6. The Balaban J connectivity index is 2.20. The second-order valence-corrected chi connectivity index (χ2v) is 5.98. The first-order valence-electron chi connectivity index (χ1n) is 7.14. The van der Waals surface area contributed by atoms with Gasteiger partial charge >= 0.3 is 0 Å². The van der Waals surface area contributed by atoms with Gasteiger partial charge in [-0.15, -0.1) is 11.8 Å². The van der Waals surface area contributed by atoms with E-state index < -0.39 is 0 Å². The van der Waals surface area contributed by atoms with Gasteiger partial charge in [-0.25, -0.2) is 0 Å². The number of anilines is 1. The Morgan fingerprint density at radius 1 is 1.10 bits per heavy atom. The summed E-state index contributed by atoms with van der Waals surface area (Å²) in [5.74, 6) is 0. The van der Waals surface area contributed by atoms with Crippen LogP contribution in [0.5, 0.6) is 0 Å². The van der Waals surface area contributed by atoms with E-state index in [0.717, 1.165) is 6.42 Å². The van der Waals surface area contributed by atoms with E-state index in [2.05, 4.69) is 74.8 Å². The van der Waals surface area contributed by atoms with Gasteiger partial charge in [0.15, 0.2) is 0 Å². The zero-order chi connectivity index (χ0) is 14.5. The largest absolute Gasteiger partial charge is 0.378 e. The van der Waals surface area contributed by atoms with E-state index in [-0.39, 0.29) is 0 Å². The quantitative estimate of drug-likeness (QED) is 0.733. The minimum atomic E-state index is 0.317. The molecule has 0 aliphatic carbocycles. The van der Waals surface area contributed by atoms with Crippen LogP contribution in [0.25, 0.3) is 0 Å². The molecule has 0 aromatic heterocycles. The second kappa shape index (κ2) is 6.85. The van der Waals surface area contributed by atoms with E-state index in [9.17, 15) is 0 Å². The molecule has 0 aliphatic rings. The first kappa shape index (κ1) is 15.0. The van der Waals surface area contributed by atoms with E-state index in [4.69, 9.17) is 0 Å². The SMILES string of the molecule is CCc1cccc(C)c1NC(C)c1ccc(SC)cc1. The zero-order valence-electron chi connectivity index (χ0n) is 12.7. The molecule has 2 aromatic carbocycles. The highest BCUT2D eigenvalue weighted by atomic mass is 32.2. The molecular formula is C18H23NS. The molecule has 0 spiro atoms. The van der Waals surface area contributed by atoms with Crippen LogP contribution < -0.4 is 5.32 Å². The van der Waals surface area contributed by atoms with Crippen LogP contribution in [0.3, 0.4) is 0 Å². The minimum absolute atomic E-state index is 0.317. The molecule has 20 heavy (non-hydrogen) atoms. The first-order valence-corrected chi connectivity index (χ1v) is 8.37. The number of rotatable bonds is 5. The van der Waals surface area contributed by atoms with Crippen LogP contribution in [0.1, 0.15) is 36.6 Å². The molecule has 0 bridgehead atoms. The van der Waals surface area contributed by atoms with Crippen LogP contribution >= 0.6 is 11.8 Å². The number of aryl methyl sites for hydroxylation is 2. The molecule has 0 heterocycles. The number of hydrogen-bond donors (Lipinski definition) is 1. The summed E-state index contributed by atoms with van der Waals surface area (Å²) in [6.07, 6.45) is 3.17. The summed E-state index contributed by atoms with van der Waals surface area (Å²) in [6.45, 7) is 6.60. The molecule has 0 amide bonds. The number of nitrogens with one attached hydrogen (secondary N) is 1. The maximum atomic E-state index is 3.68. The van der Waals surface area contributed by atoms with Gasteiger partial charge in [0.05, 0.1) is 0 Å². The third-order valence-corrected chi connectivity index (χ3v) is 4.46. The molecule has 1 nitrogen and oxygen atoms in total. The van der Waals surface area contributed by atoms with Gasteiger partial charge < -0.3 is 5.32 Å². The van der Waals surface area contributed by atoms with E-state index in [0.29, 0.717) is 6.04 Å². The molecule has 0 saturated carbocycles. The fourth-order valence-corrected chi connectivity index (χ4v) is 2.83. The molecular weight excluding hydrogens is 262 g/mol. The highest BCUT2D eigenvalue weighted by molar-refractivity contribution is 7.98. The number of benzene rings is 2. The van der Waals surface area contributed by atoms with Gasteiger partial charge in [-0.05, 0) is 55.3 Å². The van der Waals surface area contributed by atoms with Crippen LogP contribution in [0, 0.1) is 6.92 Å². The molecule has 1 N–H and O–H groups in total. The van der Waals surface area contributed by atoms with Crippen LogP contribution in [0.4, 0.5) is 5.69 Å². The van der Waals surface area contributed by atoms with Crippen molar-refractivity contribution in [1.29, 1.82) is 0 Å². The summed E-state index contributed by atoms with van der Waals surface area (Å²) >= 11 is 1.78. The van der Waals surface area contributed by atoms with Crippen molar-refractivity contribution in [2.24, 2.45) is 0 Å². The highest BCUT2D eigenvalue weighted by Gasteiger charge is 2.09. The lowest BCUT2D eigenvalue weighted by Crippen LogP contribution is -2.09. The Hall–Kier alpha value is -1.41. The summed E-state index contributed by atoms with van der Waals surface area (Å²) in [5, 5.41) is 3.68. The maximum absolute atomic E-state index is 3.68. The molecule has 2 heteroatoms. The third-order valence-electron chi connectivity index (χ3n) is 3.72. The lowest BCUT2D eigenvalue weighted by atomic mass is 10.0. The van der Waals surface area contributed by atoms with E-state index in [1.54, 1.807) is 11.8 Å². The highest BCUT2D eigenvalue weighted by Crippen LogP contribution is 2.27. The van der Waals surface area contributed by atoms with Gasteiger partial charge in [-0.1, -0.05) is 37.3 Å². The smallest absolute Gasteiger partial charge is 0.0485 e. The minimum Gasteiger partial charge on any atom is -0.378 e. The van der Waals surface area contributed by atoms with Crippen molar-refractivity contribution >= 4 is 17.4 Å². The predicted molar refractivity (Wildman–Crippen MR) is 90.8 cm³/mol. The van der Waals surface area contributed by atoms with E-state index in [1.165, 1.54) is 27.3 Å². The Morgan fingerprint density at radius 2 is 1.80 bits per heavy atom. The molecule has 1 unspecified atom stereocenters. The van der Waals surface area contributed by atoms with Crippen LogP contribution in [0.2, 0.25) is 0 Å². The summed E-state index contributed by atoms with van der Waals surface area (Å²) in [5.41, 5.74) is 5.32. The maximum Gasteiger partial charge on any atom is 0.0485 e. The Morgan fingerprint density at radius 3 is 2.40 bits per heavy atom. The molecule has 0 saturated heterocycles. The molecule has 0 radical (unpaired) electrons. The number of para-hydroxylation sites is 1. The monoisotopic (exact) mass is 285 g/mol. The van der Waals surface area contributed by atoms with Gasteiger partial charge in [-0.3, -0.25) is 0 Å². The average molecular weight is 285 g/mol. The van der Waals surface area contributed by atoms with Crippen molar-refractivity contribution in [2.45, 2.75) is 38.1 Å². The van der Waals surface area contributed by atoms with Crippen molar-refractivity contribution < 1.29 is 0 Å². The van der Waals surface area contributed by atoms with Crippen LogP contribution in [-0.4, -0.2) is 6.26 Å². The van der Waals surface area contributed by atoms with Crippen molar-refractivity contribution in [3.05, 3.63) is 59.2 Å². The number of hydrogen-bond acceptors (Lipinski definition) is 2. The fourth-order valence-electron chi connectivity index (χ4n) is 2.42. The van der Waals surface area contributed by atoms with Crippen molar-refractivity contribution in [2.75, 3.05) is 11.6 Å². The van der Waals surface area contributed by atoms with Gasteiger partial charge in [0.2, 0.25) is 0 Å². The third kappa shape index (κ3) is 3.37. The summed E-state index contributed by atoms with van der Waals surface area (Å²) < 4.78 is 0. The van der Waals surface area contributed by atoms with Gasteiger partial charge in [0.1, 0.15) is 0 Å². The summed E-state index contributed by atoms with van der Waals surface area (Å²) in [4.78, 5) is 1.31.